The number of sulfone groups is 1. The van der Waals surface area contributed by atoms with Crippen LogP contribution < -0.4 is 4.73 Å². The van der Waals surface area contributed by atoms with Crippen molar-refractivity contribution in [1.29, 1.82) is 0 Å². The third kappa shape index (κ3) is 4.09. The number of hydrogen-bond donors (Lipinski definition) is 1. The van der Waals surface area contributed by atoms with Crippen LogP contribution in [0.4, 0.5) is 0 Å². The molecule has 0 unspecified atom stereocenters. The van der Waals surface area contributed by atoms with Gasteiger partial charge in [0.25, 0.3) is 0 Å². The maximum atomic E-state index is 13.2. The van der Waals surface area contributed by atoms with E-state index in [0.29, 0.717) is 11.3 Å². The minimum absolute atomic E-state index is 0.175. The number of rotatable bonds is 7. The number of aromatic nitrogens is 2. The molecule has 2 aromatic heterocycles. The van der Waals surface area contributed by atoms with Crippen LogP contribution in [-0.2, 0) is 20.2 Å². The van der Waals surface area contributed by atoms with Gasteiger partial charge in [0, 0.05) is 35.0 Å². The maximum Gasteiger partial charge on any atom is 0.225 e. The molecule has 0 radical (unpaired) electrons. The fourth-order valence-electron chi connectivity index (χ4n) is 5.60. The van der Waals surface area contributed by atoms with E-state index in [1.54, 1.807) is 32.3 Å². The van der Waals surface area contributed by atoms with Gasteiger partial charge >= 0.3 is 0 Å². The van der Waals surface area contributed by atoms with Crippen LogP contribution in [0.15, 0.2) is 73.1 Å². The van der Waals surface area contributed by atoms with Crippen LogP contribution in [0.2, 0.25) is 0 Å². The molecule has 0 aliphatic heterocycles. The van der Waals surface area contributed by atoms with Gasteiger partial charge in [0.1, 0.15) is 0 Å². The molecule has 2 saturated carbocycles. The SMILES string of the molecule is CC(C)(c1cc(-c2cccc(-c3ccc(C(O)(C4CC4)C4CC4)[n+]([O-])c3)c2)c2ncccc2c1)S(C)(=O)=O. The molecule has 7 heteroatoms. The quantitative estimate of drug-likeness (QED) is 0.253. The predicted octanol–water partition coefficient (Wildman–Crippen LogP) is 5.49. The molecule has 4 aromatic rings. The highest BCUT2D eigenvalue weighted by molar-refractivity contribution is 7.91. The molecule has 6 rings (SSSR count). The normalized spacial score (nSPS) is 16.6. The number of aliphatic hydroxyl groups is 1. The van der Waals surface area contributed by atoms with E-state index in [9.17, 15) is 18.7 Å². The number of hydrogen-bond acceptors (Lipinski definition) is 5. The lowest BCUT2D eigenvalue weighted by molar-refractivity contribution is -0.623. The van der Waals surface area contributed by atoms with Crippen molar-refractivity contribution in [2.75, 3.05) is 6.26 Å². The van der Waals surface area contributed by atoms with E-state index in [1.807, 2.05) is 54.6 Å². The largest absolute Gasteiger partial charge is 0.618 e. The second-order valence-electron chi connectivity index (χ2n) is 11.5. The minimum atomic E-state index is -3.38. The molecule has 0 atom stereocenters. The summed E-state index contributed by atoms with van der Waals surface area (Å²) < 4.78 is 25.0. The van der Waals surface area contributed by atoms with Crippen LogP contribution >= 0.6 is 0 Å². The molecule has 1 N–H and O–H groups in total. The van der Waals surface area contributed by atoms with E-state index in [4.69, 9.17) is 0 Å². The van der Waals surface area contributed by atoms with Gasteiger partial charge in [-0.1, -0.05) is 24.3 Å². The molecule has 196 valence electrons. The van der Waals surface area contributed by atoms with E-state index < -0.39 is 20.2 Å². The minimum Gasteiger partial charge on any atom is -0.618 e. The molecule has 6 nitrogen and oxygen atoms in total. The van der Waals surface area contributed by atoms with Gasteiger partial charge in [0.05, 0.1) is 10.3 Å². The fourth-order valence-corrected chi connectivity index (χ4v) is 6.15. The smallest absolute Gasteiger partial charge is 0.225 e. The highest BCUT2D eigenvalue weighted by Gasteiger charge is 2.58. The zero-order chi connectivity index (χ0) is 26.9. The number of nitrogens with zero attached hydrogens (tertiary/aromatic N) is 2. The number of fused-ring (bicyclic) bond motifs is 1. The lowest BCUT2D eigenvalue weighted by atomic mass is 9.87. The Hall–Kier alpha value is -3.29. The summed E-state index contributed by atoms with van der Waals surface area (Å²) >= 11 is 0. The van der Waals surface area contributed by atoms with Crippen molar-refractivity contribution in [3.05, 3.63) is 89.5 Å². The van der Waals surface area contributed by atoms with Crippen LogP contribution in [0.1, 0.15) is 50.8 Å². The standard InChI is InChI=1S/C31H32N2O4S/c1-30(2,38(3,36)37)26-17-22-8-5-15-32-29(22)27(18-26)21-7-4-6-20(16-21)23-9-14-28(33(35)19-23)31(34,24-10-11-24)25-12-13-25/h4-9,14-19,24-25,34H,10-13H2,1-3H3. The molecule has 0 saturated heterocycles. The average molecular weight is 529 g/mol. The molecule has 38 heavy (non-hydrogen) atoms. The summed E-state index contributed by atoms with van der Waals surface area (Å²) in [6.45, 7) is 3.44. The van der Waals surface area contributed by atoms with E-state index in [0.717, 1.165) is 63.6 Å². The summed E-state index contributed by atoms with van der Waals surface area (Å²) in [5, 5.41) is 25.5. The van der Waals surface area contributed by atoms with Crippen LogP contribution in [0.25, 0.3) is 33.2 Å². The molecule has 2 aliphatic rings. The zero-order valence-electron chi connectivity index (χ0n) is 21.9. The summed E-state index contributed by atoms with van der Waals surface area (Å²) in [7, 11) is -3.38. The first kappa shape index (κ1) is 25.0. The van der Waals surface area contributed by atoms with Crippen LogP contribution in [0.3, 0.4) is 0 Å². The Kier molecular flexibility index (Phi) is 5.67. The summed E-state index contributed by atoms with van der Waals surface area (Å²) in [5.74, 6) is 0.349. The highest BCUT2D eigenvalue weighted by atomic mass is 32.2. The van der Waals surface area contributed by atoms with E-state index >= 15 is 0 Å². The number of pyridine rings is 2. The molecule has 0 bridgehead atoms. The van der Waals surface area contributed by atoms with Gasteiger partial charge in [-0.25, -0.2) is 8.42 Å². The van der Waals surface area contributed by atoms with E-state index in [1.165, 1.54) is 6.26 Å². The average Bonchev–Trinajstić information content (AvgIpc) is 3.80. The Bertz CT molecular complexity index is 1660. The summed E-state index contributed by atoms with van der Waals surface area (Å²) in [6.07, 6.45) is 8.42. The van der Waals surface area contributed by atoms with Crippen molar-refractivity contribution in [1.82, 2.24) is 4.98 Å². The van der Waals surface area contributed by atoms with Crippen LogP contribution in [0.5, 0.6) is 0 Å². The Morgan fingerprint density at radius 1 is 0.921 bits per heavy atom. The molecule has 0 spiro atoms. The van der Waals surface area contributed by atoms with Crippen molar-refractivity contribution in [2.24, 2.45) is 11.8 Å². The van der Waals surface area contributed by atoms with Gasteiger partial charge < -0.3 is 10.3 Å². The molecule has 2 aromatic carbocycles. The van der Waals surface area contributed by atoms with Crippen LogP contribution in [-0.4, -0.2) is 24.8 Å². The van der Waals surface area contributed by atoms with Gasteiger partial charge in [-0.15, -0.1) is 0 Å². The van der Waals surface area contributed by atoms with Crippen LogP contribution in [0, 0.1) is 17.0 Å². The van der Waals surface area contributed by atoms with E-state index in [-0.39, 0.29) is 11.8 Å². The second-order valence-corrected chi connectivity index (χ2v) is 14.0. The monoisotopic (exact) mass is 528 g/mol. The summed E-state index contributed by atoms with van der Waals surface area (Å²) in [5.41, 5.74) is 4.23. The molecule has 2 fully saturated rings. The number of benzene rings is 2. The molecule has 2 aliphatic carbocycles. The Labute approximate surface area is 223 Å². The zero-order valence-corrected chi connectivity index (χ0v) is 22.7. The predicted molar refractivity (Wildman–Crippen MR) is 149 cm³/mol. The second kappa shape index (κ2) is 8.61. The van der Waals surface area contributed by atoms with Crippen molar-refractivity contribution in [3.63, 3.8) is 0 Å². The van der Waals surface area contributed by atoms with Gasteiger partial charge in [-0.05, 0) is 98.4 Å². The first-order valence-electron chi connectivity index (χ1n) is 13.2. The molecular weight excluding hydrogens is 496 g/mol. The maximum absolute atomic E-state index is 13.2. The van der Waals surface area contributed by atoms with Gasteiger partial charge in [0.15, 0.2) is 21.6 Å². The van der Waals surface area contributed by atoms with Crippen molar-refractivity contribution in [3.8, 4) is 22.3 Å². The first-order valence-corrected chi connectivity index (χ1v) is 15.0. The Morgan fingerprint density at radius 2 is 1.61 bits per heavy atom. The lowest BCUT2D eigenvalue weighted by Crippen LogP contribution is -2.45. The third-order valence-corrected chi connectivity index (χ3v) is 10.6. The summed E-state index contributed by atoms with van der Waals surface area (Å²) in [4.78, 5) is 4.61. The van der Waals surface area contributed by atoms with Crippen molar-refractivity contribution >= 4 is 20.7 Å². The van der Waals surface area contributed by atoms with Crippen molar-refractivity contribution < 1.29 is 18.3 Å². The Balaban J connectivity index is 1.44. The van der Waals surface area contributed by atoms with Crippen molar-refractivity contribution in [2.45, 2.75) is 49.9 Å². The third-order valence-electron chi connectivity index (χ3n) is 8.56. The topological polar surface area (TPSA) is 94.2 Å². The van der Waals surface area contributed by atoms with E-state index in [2.05, 4.69) is 4.98 Å². The highest BCUT2D eigenvalue weighted by Crippen LogP contribution is 2.56. The molecule has 2 heterocycles. The molecule has 0 amide bonds. The molecular formula is C31H32N2O4S. The van der Waals surface area contributed by atoms with Gasteiger partial charge in [-0.3, -0.25) is 4.98 Å². The van der Waals surface area contributed by atoms with Gasteiger partial charge in [-0.2, -0.15) is 4.73 Å². The lowest BCUT2D eigenvalue weighted by Gasteiger charge is -2.26. The first-order chi connectivity index (χ1) is 18.0. The fraction of sp³-hybridized carbons (Fsp3) is 0.355. The summed E-state index contributed by atoms with van der Waals surface area (Å²) in [6, 6.07) is 19.2. The van der Waals surface area contributed by atoms with Gasteiger partial charge in [0.2, 0.25) is 5.69 Å². The Morgan fingerprint density at radius 3 is 2.24 bits per heavy atom.